The Balaban J connectivity index is 3.31. The van der Waals surface area contributed by atoms with Crippen molar-refractivity contribution < 1.29 is 4.57 Å². The quantitative estimate of drug-likeness (QED) is 0.480. The van der Waals surface area contributed by atoms with Gasteiger partial charge in [-0.25, -0.2) is 4.57 Å². The summed E-state index contributed by atoms with van der Waals surface area (Å²) in [5.41, 5.74) is 0. The van der Waals surface area contributed by atoms with Crippen molar-refractivity contribution in [3.63, 3.8) is 0 Å². The Bertz CT molecular complexity index is 232. The zero-order chi connectivity index (χ0) is 7.72. The summed E-state index contributed by atoms with van der Waals surface area (Å²) in [7, 11) is 1.96. The summed E-state index contributed by atoms with van der Waals surface area (Å²) in [5, 5.41) is 0. The van der Waals surface area contributed by atoms with Crippen molar-refractivity contribution in [2.45, 2.75) is 20.8 Å². The first kappa shape index (κ1) is 7.12. The zero-order valence-electron chi connectivity index (χ0n) is 6.84. The maximum absolute atomic E-state index is 4.19. The molecule has 0 aliphatic heterocycles. The van der Waals surface area contributed by atoms with Crippen molar-refractivity contribution in [1.82, 2.24) is 9.97 Å². The highest BCUT2D eigenvalue weighted by atomic mass is 15.1. The third kappa shape index (κ3) is 1.12. The van der Waals surface area contributed by atoms with Gasteiger partial charge < -0.3 is 0 Å². The minimum atomic E-state index is 0.841. The van der Waals surface area contributed by atoms with Crippen LogP contribution in [0.1, 0.15) is 17.5 Å². The van der Waals surface area contributed by atoms with E-state index in [9.17, 15) is 0 Å². The summed E-state index contributed by atoms with van der Waals surface area (Å²) in [5.74, 6) is 2.85. The summed E-state index contributed by atoms with van der Waals surface area (Å²) < 4.78 is 1.97. The van der Waals surface area contributed by atoms with Crippen LogP contribution in [0.4, 0.5) is 0 Å². The van der Waals surface area contributed by atoms with Crippen LogP contribution in [0.5, 0.6) is 0 Å². The van der Waals surface area contributed by atoms with Gasteiger partial charge in [-0.15, -0.1) is 0 Å². The van der Waals surface area contributed by atoms with Crippen LogP contribution < -0.4 is 4.57 Å². The standard InChI is InChI=1S/C7H12N3/c1-5-8-6(2)10(4)7(3)9-5/h1-4H3/q+1. The van der Waals surface area contributed by atoms with Gasteiger partial charge in [0, 0.05) is 20.8 Å². The number of aromatic nitrogens is 3. The fourth-order valence-electron chi connectivity index (χ4n) is 0.877. The molecule has 0 unspecified atom stereocenters. The molecule has 3 nitrogen and oxygen atoms in total. The van der Waals surface area contributed by atoms with E-state index in [0.29, 0.717) is 0 Å². The molecular formula is C7H12N3+. The summed E-state index contributed by atoms with van der Waals surface area (Å²) in [6.45, 7) is 5.85. The van der Waals surface area contributed by atoms with E-state index in [0.717, 1.165) is 17.5 Å². The molecule has 0 aliphatic carbocycles. The van der Waals surface area contributed by atoms with Gasteiger partial charge in [-0.05, 0) is 0 Å². The van der Waals surface area contributed by atoms with Gasteiger partial charge in [0.2, 0.25) is 11.6 Å². The highest BCUT2D eigenvalue weighted by Crippen LogP contribution is 1.87. The van der Waals surface area contributed by atoms with Gasteiger partial charge in [-0.1, -0.05) is 9.97 Å². The summed E-state index contributed by atoms with van der Waals surface area (Å²) >= 11 is 0. The minimum absolute atomic E-state index is 0.841. The normalized spacial score (nSPS) is 10.0. The summed E-state index contributed by atoms with van der Waals surface area (Å²) in [4.78, 5) is 8.37. The second-order valence-electron chi connectivity index (χ2n) is 2.42. The highest BCUT2D eigenvalue weighted by molar-refractivity contribution is 4.83. The first-order valence-electron chi connectivity index (χ1n) is 3.29. The van der Waals surface area contributed by atoms with Crippen molar-refractivity contribution in [1.29, 1.82) is 0 Å². The second-order valence-corrected chi connectivity index (χ2v) is 2.42. The lowest BCUT2D eigenvalue weighted by Gasteiger charge is -1.96. The minimum Gasteiger partial charge on any atom is -0.238 e. The monoisotopic (exact) mass is 138 g/mol. The molecule has 0 spiro atoms. The molecule has 0 saturated carbocycles. The molecule has 0 aromatic carbocycles. The van der Waals surface area contributed by atoms with Gasteiger partial charge in [0.15, 0.2) is 0 Å². The lowest BCUT2D eigenvalue weighted by atomic mass is 10.5. The maximum atomic E-state index is 4.19. The largest absolute Gasteiger partial charge is 0.273 e. The van der Waals surface area contributed by atoms with E-state index in [1.54, 1.807) is 0 Å². The molecule has 10 heavy (non-hydrogen) atoms. The molecule has 0 radical (unpaired) electrons. The molecule has 0 saturated heterocycles. The Kier molecular flexibility index (Phi) is 1.66. The molecule has 0 atom stereocenters. The summed E-state index contributed by atoms with van der Waals surface area (Å²) in [6.07, 6.45) is 0. The number of aryl methyl sites for hydroxylation is 3. The zero-order valence-corrected chi connectivity index (χ0v) is 6.84. The predicted octanol–water partition coefficient (Wildman–Crippen LogP) is 0.226. The molecule has 0 N–H and O–H groups in total. The van der Waals surface area contributed by atoms with E-state index in [2.05, 4.69) is 9.97 Å². The Morgan fingerprint density at radius 1 is 1.00 bits per heavy atom. The molecule has 0 aliphatic rings. The first-order chi connectivity index (χ1) is 4.61. The topological polar surface area (TPSA) is 29.7 Å². The van der Waals surface area contributed by atoms with E-state index in [4.69, 9.17) is 0 Å². The fourth-order valence-corrected chi connectivity index (χ4v) is 0.877. The van der Waals surface area contributed by atoms with E-state index in [1.807, 2.05) is 32.4 Å². The Hall–Kier alpha value is -0.990. The van der Waals surface area contributed by atoms with E-state index < -0.39 is 0 Å². The Morgan fingerprint density at radius 2 is 1.40 bits per heavy atom. The van der Waals surface area contributed by atoms with E-state index in [1.165, 1.54) is 0 Å². The molecule has 54 valence electrons. The van der Waals surface area contributed by atoms with Crippen LogP contribution in [0.2, 0.25) is 0 Å². The SMILES string of the molecule is Cc1nc(C)[n+](C)c(C)n1. The molecule has 1 aromatic heterocycles. The predicted molar refractivity (Wildman–Crippen MR) is 37.4 cm³/mol. The second kappa shape index (κ2) is 2.33. The van der Waals surface area contributed by atoms with Crippen LogP contribution in [0, 0.1) is 20.8 Å². The smallest absolute Gasteiger partial charge is 0.238 e. The molecule has 0 fully saturated rings. The van der Waals surface area contributed by atoms with Gasteiger partial charge in [0.25, 0.3) is 5.82 Å². The van der Waals surface area contributed by atoms with Crippen molar-refractivity contribution in [2.24, 2.45) is 7.05 Å². The first-order valence-corrected chi connectivity index (χ1v) is 3.29. The van der Waals surface area contributed by atoms with E-state index >= 15 is 0 Å². The van der Waals surface area contributed by atoms with Gasteiger partial charge in [0.1, 0.15) is 0 Å². The fraction of sp³-hybridized carbons (Fsp3) is 0.571. The van der Waals surface area contributed by atoms with Gasteiger partial charge >= 0.3 is 0 Å². The van der Waals surface area contributed by atoms with Crippen molar-refractivity contribution in [3.8, 4) is 0 Å². The summed E-state index contributed by atoms with van der Waals surface area (Å²) in [6, 6.07) is 0. The Morgan fingerprint density at radius 3 is 1.80 bits per heavy atom. The van der Waals surface area contributed by atoms with Gasteiger partial charge in [-0.2, -0.15) is 0 Å². The average Bonchev–Trinajstić information content (AvgIpc) is 1.82. The molecule has 0 bridgehead atoms. The third-order valence-electron chi connectivity index (χ3n) is 1.62. The molecular weight excluding hydrogens is 126 g/mol. The molecule has 1 aromatic rings. The molecule has 0 amide bonds. The highest BCUT2D eigenvalue weighted by Gasteiger charge is 2.07. The van der Waals surface area contributed by atoms with Crippen molar-refractivity contribution >= 4 is 0 Å². The number of rotatable bonds is 0. The Labute approximate surface area is 60.8 Å². The molecule has 1 heterocycles. The number of hydrogen-bond acceptors (Lipinski definition) is 2. The van der Waals surface area contributed by atoms with Crippen LogP contribution in [-0.4, -0.2) is 9.97 Å². The van der Waals surface area contributed by atoms with Crippen LogP contribution in [-0.2, 0) is 7.05 Å². The lowest BCUT2D eigenvalue weighted by molar-refractivity contribution is -0.690. The average molecular weight is 138 g/mol. The molecule has 1 rings (SSSR count). The van der Waals surface area contributed by atoms with Crippen LogP contribution >= 0.6 is 0 Å². The van der Waals surface area contributed by atoms with Crippen LogP contribution in [0.25, 0.3) is 0 Å². The van der Waals surface area contributed by atoms with Crippen molar-refractivity contribution in [2.75, 3.05) is 0 Å². The third-order valence-corrected chi connectivity index (χ3v) is 1.62. The lowest BCUT2D eigenvalue weighted by Crippen LogP contribution is -2.38. The number of hydrogen-bond donors (Lipinski definition) is 0. The van der Waals surface area contributed by atoms with Crippen LogP contribution in [0.15, 0.2) is 0 Å². The van der Waals surface area contributed by atoms with Gasteiger partial charge in [-0.3, -0.25) is 0 Å². The van der Waals surface area contributed by atoms with Crippen molar-refractivity contribution in [3.05, 3.63) is 17.5 Å². The number of nitrogens with zero attached hydrogens (tertiary/aromatic N) is 3. The van der Waals surface area contributed by atoms with Gasteiger partial charge in [0.05, 0.1) is 7.05 Å². The maximum Gasteiger partial charge on any atom is 0.273 e. The van der Waals surface area contributed by atoms with Crippen LogP contribution in [0.3, 0.4) is 0 Å². The molecule has 3 heteroatoms. The van der Waals surface area contributed by atoms with E-state index in [-0.39, 0.29) is 0 Å².